The molecule has 21 heavy (non-hydrogen) atoms. The Balaban J connectivity index is 2.24. The van der Waals surface area contributed by atoms with Gasteiger partial charge < -0.3 is 9.32 Å². The second kappa shape index (κ2) is 5.90. The highest BCUT2D eigenvalue weighted by Crippen LogP contribution is 2.24. The van der Waals surface area contributed by atoms with Gasteiger partial charge in [0.15, 0.2) is 0 Å². The predicted octanol–water partition coefficient (Wildman–Crippen LogP) is 3.90. The molecule has 0 spiro atoms. The molecule has 0 N–H and O–H groups in total. The summed E-state index contributed by atoms with van der Waals surface area (Å²) in [6, 6.07) is 5.25. The SMILES string of the molecule is CN(Cc1ccoc1)C(=O)c1cc(Cl)nc(C(C)(C)C)c1. The quantitative estimate of drug-likeness (QED) is 0.808. The van der Waals surface area contributed by atoms with E-state index in [0.717, 1.165) is 11.3 Å². The number of hydrogen-bond donors (Lipinski definition) is 0. The predicted molar refractivity (Wildman–Crippen MR) is 82.5 cm³/mol. The van der Waals surface area contributed by atoms with Gasteiger partial charge in [0, 0.05) is 35.8 Å². The largest absolute Gasteiger partial charge is 0.472 e. The number of hydrogen-bond acceptors (Lipinski definition) is 3. The van der Waals surface area contributed by atoms with Crippen molar-refractivity contribution in [2.24, 2.45) is 0 Å². The highest BCUT2D eigenvalue weighted by atomic mass is 35.5. The Labute approximate surface area is 129 Å². The lowest BCUT2D eigenvalue weighted by Crippen LogP contribution is -2.27. The molecule has 0 saturated heterocycles. The minimum Gasteiger partial charge on any atom is -0.472 e. The first-order valence-corrected chi connectivity index (χ1v) is 7.10. The van der Waals surface area contributed by atoms with Gasteiger partial charge in [0.25, 0.3) is 5.91 Å². The van der Waals surface area contributed by atoms with Gasteiger partial charge >= 0.3 is 0 Å². The van der Waals surface area contributed by atoms with E-state index < -0.39 is 0 Å². The highest BCUT2D eigenvalue weighted by molar-refractivity contribution is 6.29. The van der Waals surface area contributed by atoms with Crippen LogP contribution in [0.1, 0.15) is 42.4 Å². The summed E-state index contributed by atoms with van der Waals surface area (Å²) >= 11 is 6.05. The van der Waals surface area contributed by atoms with Crippen molar-refractivity contribution in [3.8, 4) is 0 Å². The van der Waals surface area contributed by atoms with Gasteiger partial charge in [0.2, 0.25) is 0 Å². The Hall–Kier alpha value is -1.81. The third-order valence-electron chi connectivity index (χ3n) is 3.16. The highest BCUT2D eigenvalue weighted by Gasteiger charge is 2.20. The molecule has 5 heteroatoms. The maximum Gasteiger partial charge on any atom is 0.254 e. The molecule has 2 aromatic rings. The maximum atomic E-state index is 12.5. The number of amides is 1. The van der Waals surface area contributed by atoms with Crippen LogP contribution in [0.4, 0.5) is 0 Å². The molecule has 2 aromatic heterocycles. The van der Waals surface area contributed by atoms with Crippen molar-refractivity contribution < 1.29 is 9.21 Å². The zero-order valence-electron chi connectivity index (χ0n) is 12.7. The van der Waals surface area contributed by atoms with E-state index in [4.69, 9.17) is 16.0 Å². The summed E-state index contributed by atoms with van der Waals surface area (Å²) in [6.45, 7) is 6.60. The van der Waals surface area contributed by atoms with E-state index in [9.17, 15) is 4.79 Å². The minimum absolute atomic E-state index is 0.0917. The van der Waals surface area contributed by atoms with Crippen molar-refractivity contribution in [1.82, 2.24) is 9.88 Å². The van der Waals surface area contributed by atoms with Crippen LogP contribution >= 0.6 is 11.6 Å². The van der Waals surface area contributed by atoms with Crippen LogP contribution in [0, 0.1) is 0 Å². The molecule has 2 rings (SSSR count). The average molecular weight is 307 g/mol. The number of carbonyl (C=O) groups is 1. The van der Waals surface area contributed by atoms with Crippen molar-refractivity contribution in [3.63, 3.8) is 0 Å². The van der Waals surface area contributed by atoms with Crippen molar-refractivity contribution >= 4 is 17.5 Å². The van der Waals surface area contributed by atoms with Crippen LogP contribution in [-0.4, -0.2) is 22.8 Å². The van der Waals surface area contributed by atoms with Gasteiger partial charge in [-0.05, 0) is 18.2 Å². The second-order valence-electron chi connectivity index (χ2n) is 6.11. The minimum atomic E-state index is -0.164. The van der Waals surface area contributed by atoms with Gasteiger partial charge in [-0.2, -0.15) is 0 Å². The Kier molecular flexibility index (Phi) is 4.37. The molecule has 1 amide bonds. The van der Waals surface area contributed by atoms with E-state index >= 15 is 0 Å². The molecule has 2 heterocycles. The zero-order valence-corrected chi connectivity index (χ0v) is 13.4. The van der Waals surface area contributed by atoms with Gasteiger partial charge in [0.1, 0.15) is 5.15 Å². The van der Waals surface area contributed by atoms with Gasteiger partial charge in [-0.25, -0.2) is 4.98 Å². The van der Waals surface area contributed by atoms with Crippen molar-refractivity contribution in [1.29, 1.82) is 0 Å². The van der Waals surface area contributed by atoms with Crippen LogP contribution in [0.5, 0.6) is 0 Å². The van der Waals surface area contributed by atoms with Crippen LogP contribution in [-0.2, 0) is 12.0 Å². The van der Waals surface area contributed by atoms with Gasteiger partial charge in [-0.1, -0.05) is 32.4 Å². The van der Waals surface area contributed by atoms with E-state index in [-0.39, 0.29) is 11.3 Å². The lowest BCUT2D eigenvalue weighted by molar-refractivity contribution is 0.0784. The Morgan fingerprint density at radius 2 is 2.10 bits per heavy atom. The molecule has 0 atom stereocenters. The van der Waals surface area contributed by atoms with Crippen molar-refractivity contribution in [2.45, 2.75) is 32.7 Å². The average Bonchev–Trinajstić information content (AvgIpc) is 2.88. The Morgan fingerprint density at radius 3 is 2.67 bits per heavy atom. The van der Waals surface area contributed by atoms with E-state index in [0.29, 0.717) is 17.3 Å². The molecule has 0 fully saturated rings. The van der Waals surface area contributed by atoms with Crippen LogP contribution in [0.25, 0.3) is 0 Å². The van der Waals surface area contributed by atoms with Crippen molar-refractivity contribution in [2.75, 3.05) is 7.05 Å². The van der Waals surface area contributed by atoms with Gasteiger partial charge in [0.05, 0.1) is 12.5 Å². The third kappa shape index (κ3) is 3.85. The molecule has 0 aliphatic carbocycles. The second-order valence-corrected chi connectivity index (χ2v) is 6.49. The normalized spacial score (nSPS) is 11.5. The summed E-state index contributed by atoms with van der Waals surface area (Å²) in [6.07, 6.45) is 3.22. The molecular weight excluding hydrogens is 288 g/mol. The summed E-state index contributed by atoms with van der Waals surface area (Å²) in [7, 11) is 1.75. The molecule has 112 valence electrons. The van der Waals surface area contributed by atoms with Gasteiger partial charge in [-0.3, -0.25) is 4.79 Å². The summed E-state index contributed by atoms with van der Waals surface area (Å²) < 4.78 is 5.01. The molecule has 0 aliphatic heterocycles. The first-order valence-electron chi connectivity index (χ1n) is 6.72. The fourth-order valence-corrected chi connectivity index (χ4v) is 2.16. The number of aromatic nitrogens is 1. The Morgan fingerprint density at radius 1 is 1.38 bits per heavy atom. The van der Waals surface area contributed by atoms with Crippen LogP contribution in [0.15, 0.2) is 35.1 Å². The molecule has 4 nitrogen and oxygen atoms in total. The summed E-state index contributed by atoms with van der Waals surface area (Å²) in [5, 5.41) is 0.336. The lowest BCUT2D eigenvalue weighted by Gasteiger charge is -2.21. The van der Waals surface area contributed by atoms with E-state index in [1.807, 2.05) is 26.8 Å². The maximum absolute atomic E-state index is 12.5. The Bertz CT molecular complexity index is 630. The summed E-state index contributed by atoms with van der Waals surface area (Å²) in [4.78, 5) is 18.4. The van der Waals surface area contributed by atoms with Crippen LogP contribution in [0.3, 0.4) is 0 Å². The van der Waals surface area contributed by atoms with Crippen LogP contribution in [0.2, 0.25) is 5.15 Å². The molecule has 0 unspecified atom stereocenters. The lowest BCUT2D eigenvalue weighted by atomic mass is 9.91. The number of nitrogens with zero attached hydrogens (tertiary/aromatic N) is 2. The third-order valence-corrected chi connectivity index (χ3v) is 3.35. The number of halogens is 1. The number of rotatable bonds is 3. The van der Waals surface area contributed by atoms with E-state index in [1.165, 1.54) is 0 Å². The fourth-order valence-electron chi connectivity index (χ4n) is 1.95. The topological polar surface area (TPSA) is 46.3 Å². The molecule has 0 saturated carbocycles. The standard InChI is InChI=1S/C16H19ClN2O2/c1-16(2,3)13-7-12(8-14(17)18-13)15(20)19(4)9-11-5-6-21-10-11/h5-8,10H,9H2,1-4H3. The smallest absolute Gasteiger partial charge is 0.254 e. The molecule has 0 aromatic carbocycles. The molecule has 0 bridgehead atoms. The van der Waals surface area contributed by atoms with Gasteiger partial charge in [-0.15, -0.1) is 0 Å². The molecule has 0 aliphatic rings. The monoisotopic (exact) mass is 306 g/mol. The zero-order chi connectivity index (χ0) is 15.6. The molecular formula is C16H19ClN2O2. The van der Waals surface area contributed by atoms with E-state index in [1.54, 1.807) is 36.6 Å². The summed E-state index contributed by atoms with van der Waals surface area (Å²) in [5.41, 5.74) is 2.13. The number of pyridine rings is 1. The molecule has 0 radical (unpaired) electrons. The van der Waals surface area contributed by atoms with Crippen LogP contribution < -0.4 is 0 Å². The first-order chi connectivity index (χ1) is 9.77. The van der Waals surface area contributed by atoms with Crippen molar-refractivity contribution in [3.05, 3.63) is 52.7 Å². The fraction of sp³-hybridized carbons (Fsp3) is 0.375. The number of carbonyl (C=O) groups excluding carboxylic acids is 1. The number of furan rings is 1. The van der Waals surface area contributed by atoms with E-state index in [2.05, 4.69) is 4.98 Å². The summed E-state index contributed by atoms with van der Waals surface area (Å²) in [5.74, 6) is -0.0917. The first kappa shape index (κ1) is 15.6.